The molecule has 0 bridgehead atoms. The maximum Gasteiger partial charge on any atom is 0.101 e. The van der Waals surface area contributed by atoms with Gasteiger partial charge in [0.15, 0.2) is 0 Å². The van der Waals surface area contributed by atoms with Crippen LogP contribution in [0.3, 0.4) is 0 Å². The van der Waals surface area contributed by atoms with Gasteiger partial charge in [-0.05, 0) is 18.2 Å². The zero-order chi connectivity index (χ0) is 10.8. The van der Waals surface area contributed by atoms with Crippen LogP contribution in [-0.4, -0.2) is 10.7 Å². The van der Waals surface area contributed by atoms with Crippen molar-refractivity contribution in [1.82, 2.24) is 9.82 Å². The summed E-state index contributed by atoms with van der Waals surface area (Å²) in [7, 11) is 0. The molecular formula is C12H9N3S. The molecule has 78 valence electrons. The van der Waals surface area contributed by atoms with Crippen LogP contribution in [0.2, 0.25) is 0 Å². The van der Waals surface area contributed by atoms with Crippen molar-refractivity contribution in [1.29, 1.82) is 0 Å². The lowest BCUT2D eigenvalue weighted by molar-refractivity contribution is 1.08. The number of fused-ring (bicyclic) bond motifs is 1. The third kappa shape index (κ3) is 1.57. The number of nitrogens with one attached hydrogen (secondary N) is 1. The van der Waals surface area contributed by atoms with Gasteiger partial charge in [0.25, 0.3) is 0 Å². The predicted molar refractivity (Wildman–Crippen MR) is 65.3 cm³/mol. The summed E-state index contributed by atoms with van der Waals surface area (Å²) in [5, 5.41) is 4.33. The molecule has 0 unspecified atom stereocenters. The fraction of sp³-hybridized carbons (Fsp3) is 0. The third-order valence-electron chi connectivity index (χ3n) is 2.39. The van der Waals surface area contributed by atoms with Crippen LogP contribution in [0.15, 0.2) is 58.8 Å². The number of rotatable bonds is 1. The molecule has 1 aromatic heterocycles. The molecule has 1 aliphatic heterocycles. The van der Waals surface area contributed by atoms with Crippen molar-refractivity contribution < 1.29 is 0 Å². The molecule has 2 heterocycles. The van der Waals surface area contributed by atoms with Crippen LogP contribution >= 0.6 is 11.9 Å². The molecule has 2 aromatic rings. The van der Waals surface area contributed by atoms with E-state index in [0.717, 1.165) is 16.8 Å². The average Bonchev–Trinajstić information content (AvgIpc) is 2.39. The molecule has 0 aliphatic carbocycles. The number of pyridine rings is 1. The number of hydrogen-bond donors (Lipinski definition) is 1. The fourth-order valence-corrected chi connectivity index (χ4v) is 2.31. The second-order valence-corrected chi connectivity index (χ2v) is 4.22. The molecule has 0 atom stereocenters. The van der Waals surface area contributed by atoms with Crippen molar-refractivity contribution in [2.75, 3.05) is 0 Å². The van der Waals surface area contributed by atoms with E-state index in [1.54, 1.807) is 6.20 Å². The van der Waals surface area contributed by atoms with Crippen molar-refractivity contribution in [3.8, 4) is 0 Å². The Balaban J connectivity index is 2.13. The highest BCUT2D eigenvalue weighted by Crippen LogP contribution is 2.26. The molecule has 16 heavy (non-hydrogen) atoms. The Kier molecular flexibility index (Phi) is 2.34. The van der Waals surface area contributed by atoms with Crippen LogP contribution in [0.1, 0.15) is 11.1 Å². The highest BCUT2D eigenvalue weighted by molar-refractivity contribution is 7.97. The third-order valence-corrected chi connectivity index (χ3v) is 3.15. The summed E-state index contributed by atoms with van der Waals surface area (Å²) in [6.07, 6.45) is 3.59. The molecule has 0 spiro atoms. The van der Waals surface area contributed by atoms with E-state index in [2.05, 4.69) is 27.0 Å². The zero-order valence-corrected chi connectivity index (χ0v) is 9.24. The monoisotopic (exact) mass is 227 g/mol. The van der Waals surface area contributed by atoms with Crippen LogP contribution in [0.4, 0.5) is 0 Å². The summed E-state index contributed by atoms with van der Waals surface area (Å²) in [6, 6.07) is 12.1. The molecule has 1 N–H and O–H groups in total. The minimum atomic E-state index is 0.947. The number of benzene rings is 1. The maximum atomic E-state index is 4.33. The van der Waals surface area contributed by atoms with Gasteiger partial charge in [-0.25, -0.2) is 4.83 Å². The first kappa shape index (κ1) is 9.42. The standard InChI is InChI=1S/C12H9N3S/c1-2-6-11-10(5-1)12(14-15-16-11)9-4-3-7-13-8-9/h1-8,15H. The Bertz CT molecular complexity index is 537. The van der Waals surface area contributed by atoms with Gasteiger partial charge in [0.05, 0.1) is 0 Å². The average molecular weight is 227 g/mol. The second-order valence-electron chi connectivity index (χ2n) is 3.39. The van der Waals surface area contributed by atoms with Gasteiger partial charge in [-0.3, -0.25) is 4.98 Å². The van der Waals surface area contributed by atoms with Crippen molar-refractivity contribution in [3.05, 3.63) is 59.9 Å². The topological polar surface area (TPSA) is 37.3 Å². The van der Waals surface area contributed by atoms with E-state index in [9.17, 15) is 0 Å². The first-order valence-electron chi connectivity index (χ1n) is 4.94. The highest BCUT2D eigenvalue weighted by atomic mass is 32.2. The number of nitrogens with zero attached hydrogens (tertiary/aromatic N) is 2. The van der Waals surface area contributed by atoms with Crippen LogP contribution in [0.25, 0.3) is 0 Å². The van der Waals surface area contributed by atoms with Crippen LogP contribution in [-0.2, 0) is 0 Å². The largest absolute Gasteiger partial charge is 0.264 e. The van der Waals surface area contributed by atoms with E-state index >= 15 is 0 Å². The number of hydrogen-bond acceptors (Lipinski definition) is 4. The smallest absolute Gasteiger partial charge is 0.101 e. The first-order valence-corrected chi connectivity index (χ1v) is 5.76. The molecule has 3 rings (SSSR count). The van der Waals surface area contributed by atoms with E-state index in [-0.39, 0.29) is 0 Å². The summed E-state index contributed by atoms with van der Waals surface area (Å²) in [6.45, 7) is 0. The first-order chi connectivity index (χ1) is 7.95. The van der Waals surface area contributed by atoms with E-state index in [1.807, 2.05) is 30.5 Å². The minimum absolute atomic E-state index is 0.947. The van der Waals surface area contributed by atoms with Gasteiger partial charge in [-0.1, -0.05) is 18.2 Å². The van der Waals surface area contributed by atoms with Crippen LogP contribution < -0.4 is 4.83 Å². The molecular weight excluding hydrogens is 218 g/mol. The lowest BCUT2D eigenvalue weighted by Crippen LogP contribution is -2.14. The zero-order valence-electron chi connectivity index (χ0n) is 8.42. The van der Waals surface area contributed by atoms with Crippen LogP contribution in [0, 0.1) is 0 Å². The lowest BCUT2D eigenvalue weighted by Gasteiger charge is -2.16. The molecule has 0 radical (unpaired) electrons. The fourth-order valence-electron chi connectivity index (χ4n) is 1.65. The molecule has 1 aromatic carbocycles. The Morgan fingerprint density at radius 1 is 1.06 bits per heavy atom. The summed E-state index contributed by atoms with van der Waals surface area (Å²) in [4.78, 5) is 8.27. The summed E-state index contributed by atoms with van der Waals surface area (Å²) < 4.78 is 0. The van der Waals surface area contributed by atoms with E-state index < -0.39 is 0 Å². The van der Waals surface area contributed by atoms with E-state index in [1.165, 1.54) is 16.8 Å². The molecule has 0 saturated carbocycles. The lowest BCUT2D eigenvalue weighted by atomic mass is 10.0. The minimum Gasteiger partial charge on any atom is -0.264 e. The van der Waals surface area contributed by atoms with Gasteiger partial charge in [0.2, 0.25) is 0 Å². The van der Waals surface area contributed by atoms with Gasteiger partial charge in [0.1, 0.15) is 5.71 Å². The summed E-state index contributed by atoms with van der Waals surface area (Å²) >= 11 is 1.53. The van der Waals surface area contributed by atoms with Gasteiger partial charge in [-0.2, -0.15) is 5.10 Å². The molecule has 4 heteroatoms. The Hall–Kier alpha value is -1.81. The highest BCUT2D eigenvalue weighted by Gasteiger charge is 2.15. The molecule has 1 aliphatic rings. The quantitative estimate of drug-likeness (QED) is 0.760. The van der Waals surface area contributed by atoms with Crippen molar-refractivity contribution >= 4 is 17.7 Å². The van der Waals surface area contributed by atoms with Gasteiger partial charge in [-0.15, -0.1) is 0 Å². The summed E-state index contributed by atoms with van der Waals surface area (Å²) in [5.41, 5.74) is 3.13. The Morgan fingerprint density at radius 3 is 2.88 bits per heavy atom. The number of hydrazone groups is 1. The molecule has 0 amide bonds. The van der Waals surface area contributed by atoms with Crippen molar-refractivity contribution in [2.45, 2.75) is 4.90 Å². The number of aromatic nitrogens is 1. The predicted octanol–water partition coefficient (Wildman–Crippen LogP) is 2.44. The maximum absolute atomic E-state index is 4.33. The molecule has 0 saturated heterocycles. The van der Waals surface area contributed by atoms with Crippen LogP contribution in [0.5, 0.6) is 0 Å². The Labute approximate surface area is 97.7 Å². The van der Waals surface area contributed by atoms with Gasteiger partial charge >= 0.3 is 0 Å². The second kappa shape index (κ2) is 3.98. The molecule has 0 fully saturated rings. The van der Waals surface area contributed by atoms with E-state index in [0.29, 0.717) is 0 Å². The molecule has 3 nitrogen and oxygen atoms in total. The van der Waals surface area contributed by atoms with E-state index in [4.69, 9.17) is 0 Å². The SMILES string of the molecule is c1cncc(C2=NNSc3ccccc32)c1. The van der Waals surface area contributed by atoms with Crippen molar-refractivity contribution in [2.24, 2.45) is 5.10 Å². The normalized spacial score (nSPS) is 13.6. The van der Waals surface area contributed by atoms with Gasteiger partial charge < -0.3 is 0 Å². The van der Waals surface area contributed by atoms with Gasteiger partial charge in [0, 0.05) is 40.4 Å². The Morgan fingerprint density at radius 2 is 2.00 bits per heavy atom. The van der Waals surface area contributed by atoms with Crippen molar-refractivity contribution in [3.63, 3.8) is 0 Å². The summed E-state index contributed by atoms with van der Waals surface area (Å²) in [5.74, 6) is 0.